The molecule has 0 heterocycles. The lowest BCUT2D eigenvalue weighted by Gasteiger charge is -2.15. The first-order chi connectivity index (χ1) is 12.5. The van der Waals surface area contributed by atoms with Gasteiger partial charge in [-0.3, -0.25) is 4.99 Å². The van der Waals surface area contributed by atoms with Crippen molar-refractivity contribution in [2.45, 2.75) is 32.8 Å². The second-order valence-electron chi connectivity index (χ2n) is 5.85. The van der Waals surface area contributed by atoms with Crippen molar-refractivity contribution in [2.24, 2.45) is 4.99 Å². The van der Waals surface area contributed by atoms with Gasteiger partial charge in [0.1, 0.15) is 0 Å². The summed E-state index contributed by atoms with van der Waals surface area (Å²) >= 11 is 0. The molecule has 1 aromatic carbocycles. The Morgan fingerprint density at radius 3 is 2.33 bits per heavy atom. The number of aliphatic imine (C=N–C) groups is 1. The quantitative estimate of drug-likeness (QED) is 0.173. The monoisotopic (exact) mass is 512 g/mol. The lowest BCUT2D eigenvalue weighted by molar-refractivity contribution is 0.0646. The van der Waals surface area contributed by atoms with Crippen LogP contribution in [-0.4, -0.2) is 53.4 Å². The number of nitrogens with zero attached hydrogens (tertiary/aromatic N) is 1. The Labute approximate surface area is 180 Å². The van der Waals surface area contributed by atoms with Gasteiger partial charge in [0.05, 0.1) is 11.9 Å². The van der Waals surface area contributed by atoms with Crippen molar-refractivity contribution in [3.63, 3.8) is 0 Å². The van der Waals surface area contributed by atoms with Crippen molar-refractivity contribution in [3.8, 4) is 0 Å². The van der Waals surface area contributed by atoms with E-state index in [1.54, 1.807) is 14.0 Å². The molecule has 0 aliphatic rings. The predicted octanol–water partition coefficient (Wildman–Crippen LogP) is 2.27. The second-order valence-corrected chi connectivity index (χ2v) is 7.95. The summed E-state index contributed by atoms with van der Waals surface area (Å²) in [7, 11) is -1.40. The number of guanidine groups is 1. The van der Waals surface area contributed by atoms with E-state index in [0.717, 1.165) is 13.0 Å². The normalized spacial score (nSPS) is 12.9. The van der Waals surface area contributed by atoms with Gasteiger partial charge in [-0.15, -0.1) is 24.0 Å². The zero-order valence-corrected chi connectivity index (χ0v) is 19.5. The van der Waals surface area contributed by atoms with E-state index in [1.165, 1.54) is 5.56 Å². The molecule has 156 valence electrons. The highest BCUT2D eigenvalue weighted by Crippen LogP contribution is 2.15. The lowest BCUT2D eigenvalue weighted by Crippen LogP contribution is -2.39. The molecule has 1 atom stereocenters. The predicted molar refractivity (Wildman–Crippen MR) is 122 cm³/mol. The lowest BCUT2D eigenvalue weighted by atomic mass is 10.1. The van der Waals surface area contributed by atoms with Crippen LogP contribution in [0.5, 0.6) is 0 Å². The molecule has 7 nitrogen and oxygen atoms in total. The molecule has 0 saturated heterocycles. The molecule has 1 aromatic rings. The zero-order valence-electron chi connectivity index (χ0n) is 16.4. The van der Waals surface area contributed by atoms with Crippen LogP contribution in [0.1, 0.15) is 38.4 Å². The number of benzene rings is 1. The van der Waals surface area contributed by atoms with Crippen LogP contribution in [0, 0.1) is 0 Å². The summed E-state index contributed by atoms with van der Waals surface area (Å²) < 4.78 is 31.0. The van der Waals surface area contributed by atoms with E-state index >= 15 is 0 Å². The van der Waals surface area contributed by atoms with Crippen LogP contribution in [0.4, 0.5) is 0 Å². The molecule has 0 saturated carbocycles. The molecule has 0 aliphatic heterocycles. The number of halogens is 1. The fraction of sp³-hybridized carbons (Fsp3) is 0.611. The van der Waals surface area contributed by atoms with E-state index in [0.29, 0.717) is 32.1 Å². The standard InChI is InChI=1S/C18H32N4O3S.HI/c1-4-26(23,24)22-14-8-12-20-18(19-3)21-13-9-15-25-16(2)17-10-6-5-7-11-17;/h5-7,10-11,16,22H,4,8-9,12-15H2,1-3H3,(H2,19,20,21);1H. The molecule has 27 heavy (non-hydrogen) atoms. The van der Waals surface area contributed by atoms with Crippen molar-refractivity contribution in [1.82, 2.24) is 15.4 Å². The molecule has 0 spiro atoms. The van der Waals surface area contributed by atoms with Gasteiger partial charge in [-0.2, -0.15) is 0 Å². The highest BCUT2D eigenvalue weighted by atomic mass is 127. The third-order valence-corrected chi connectivity index (χ3v) is 5.23. The average Bonchev–Trinajstić information content (AvgIpc) is 2.66. The van der Waals surface area contributed by atoms with Gasteiger partial charge >= 0.3 is 0 Å². The number of nitrogens with one attached hydrogen (secondary N) is 3. The fourth-order valence-corrected chi connectivity index (χ4v) is 2.86. The molecule has 3 N–H and O–H groups in total. The molecule has 1 unspecified atom stereocenters. The maximum Gasteiger partial charge on any atom is 0.211 e. The van der Waals surface area contributed by atoms with Gasteiger partial charge in [0.25, 0.3) is 0 Å². The highest BCUT2D eigenvalue weighted by molar-refractivity contribution is 14.0. The minimum atomic E-state index is -3.11. The summed E-state index contributed by atoms with van der Waals surface area (Å²) in [5.41, 5.74) is 1.18. The Morgan fingerprint density at radius 1 is 1.11 bits per heavy atom. The molecular formula is C18H33IN4O3S. The Balaban J connectivity index is 0.00000676. The zero-order chi connectivity index (χ0) is 19.3. The first-order valence-electron chi connectivity index (χ1n) is 9.07. The van der Waals surface area contributed by atoms with E-state index in [4.69, 9.17) is 4.74 Å². The van der Waals surface area contributed by atoms with Gasteiger partial charge in [-0.05, 0) is 32.3 Å². The SMILES string of the molecule is CCS(=O)(=O)NCCCNC(=NC)NCCCOC(C)c1ccccc1.I. The van der Waals surface area contributed by atoms with Crippen LogP contribution >= 0.6 is 24.0 Å². The summed E-state index contributed by atoms with van der Waals surface area (Å²) in [5, 5.41) is 6.38. The summed E-state index contributed by atoms with van der Waals surface area (Å²) in [6.45, 7) is 6.16. The molecule has 1 rings (SSSR count). The van der Waals surface area contributed by atoms with Gasteiger partial charge in [0.2, 0.25) is 10.0 Å². The number of rotatable bonds is 12. The minimum absolute atomic E-state index is 0. The third-order valence-electron chi connectivity index (χ3n) is 3.82. The van der Waals surface area contributed by atoms with E-state index in [-0.39, 0.29) is 35.8 Å². The summed E-state index contributed by atoms with van der Waals surface area (Å²) in [6.07, 6.45) is 1.65. The van der Waals surface area contributed by atoms with Gasteiger partial charge in [0, 0.05) is 33.3 Å². The van der Waals surface area contributed by atoms with Gasteiger partial charge in [-0.1, -0.05) is 30.3 Å². The van der Waals surface area contributed by atoms with Crippen molar-refractivity contribution in [2.75, 3.05) is 39.0 Å². The van der Waals surface area contributed by atoms with E-state index in [1.807, 2.05) is 18.2 Å². The summed E-state index contributed by atoms with van der Waals surface area (Å²) in [4.78, 5) is 4.15. The van der Waals surface area contributed by atoms with Crippen LogP contribution in [0.2, 0.25) is 0 Å². The maximum absolute atomic E-state index is 11.3. The molecule has 0 radical (unpaired) electrons. The topological polar surface area (TPSA) is 91.8 Å². The fourth-order valence-electron chi connectivity index (χ4n) is 2.20. The first-order valence-corrected chi connectivity index (χ1v) is 10.7. The first kappa shape index (κ1) is 26.1. The summed E-state index contributed by atoms with van der Waals surface area (Å²) in [6, 6.07) is 10.2. The van der Waals surface area contributed by atoms with Crippen LogP contribution in [0.25, 0.3) is 0 Å². The van der Waals surface area contributed by atoms with Crippen LogP contribution in [-0.2, 0) is 14.8 Å². The third kappa shape index (κ3) is 12.2. The van der Waals surface area contributed by atoms with Crippen molar-refractivity contribution >= 4 is 40.0 Å². The van der Waals surface area contributed by atoms with E-state index < -0.39 is 10.0 Å². The number of ether oxygens (including phenoxy) is 1. The Bertz CT molecular complexity index is 627. The Kier molecular flexibility index (Phi) is 14.6. The van der Waals surface area contributed by atoms with Gasteiger partial charge in [-0.25, -0.2) is 13.1 Å². The van der Waals surface area contributed by atoms with Crippen LogP contribution in [0.3, 0.4) is 0 Å². The minimum Gasteiger partial charge on any atom is -0.374 e. The maximum atomic E-state index is 11.3. The second kappa shape index (κ2) is 15.1. The highest BCUT2D eigenvalue weighted by Gasteiger charge is 2.05. The van der Waals surface area contributed by atoms with Crippen molar-refractivity contribution in [3.05, 3.63) is 35.9 Å². The van der Waals surface area contributed by atoms with Gasteiger partial charge < -0.3 is 15.4 Å². The molecule has 0 aromatic heterocycles. The van der Waals surface area contributed by atoms with Gasteiger partial charge in [0.15, 0.2) is 5.96 Å². The number of sulfonamides is 1. The van der Waals surface area contributed by atoms with E-state index in [2.05, 4.69) is 39.4 Å². The number of hydrogen-bond donors (Lipinski definition) is 3. The molecule has 9 heteroatoms. The summed E-state index contributed by atoms with van der Waals surface area (Å²) in [5.74, 6) is 0.814. The number of hydrogen-bond acceptors (Lipinski definition) is 4. The largest absolute Gasteiger partial charge is 0.374 e. The average molecular weight is 512 g/mol. The Hall–Kier alpha value is -0.910. The molecule has 0 fully saturated rings. The van der Waals surface area contributed by atoms with Crippen molar-refractivity contribution < 1.29 is 13.2 Å². The van der Waals surface area contributed by atoms with Crippen LogP contribution < -0.4 is 15.4 Å². The molecule has 0 amide bonds. The Morgan fingerprint density at radius 2 is 1.74 bits per heavy atom. The van der Waals surface area contributed by atoms with E-state index in [9.17, 15) is 8.42 Å². The molecule has 0 bridgehead atoms. The van der Waals surface area contributed by atoms with Crippen LogP contribution in [0.15, 0.2) is 35.3 Å². The molecule has 0 aliphatic carbocycles. The molecular weight excluding hydrogens is 479 g/mol. The smallest absolute Gasteiger partial charge is 0.211 e. The van der Waals surface area contributed by atoms with Crippen molar-refractivity contribution in [1.29, 1.82) is 0 Å².